The molecule has 0 radical (unpaired) electrons. The van der Waals surface area contributed by atoms with Gasteiger partial charge in [0, 0.05) is 28.9 Å². The molecule has 0 spiro atoms. The first-order chi connectivity index (χ1) is 16.1. The van der Waals surface area contributed by atoms with Crippen LogP contribution in [0.25, 0.3) is 22.8 Å². The highest BCUT2D eigenvalue weighted by Crippen LogP contribution is 2.32. The predicted molar refractivity (Wildman–Crippen MR) is 127 cm³/mol. The van der Waals surface area contributed by atoms with Gasteiger partial charge in [0.1, 0.15) is 18.5 Å². The van der Waals surface area contributed by atoms with Crippen LogP contribution in [-0.4, -0.2) is 50.1 Å². The largest absolute Gasteiger partial charge is 0.490 e. The number of benzene rings is 1. The average Bonchev–Trinajstić information content (AvgIpc) is 3.27. The van der Waals surface area contributed by atoms with E-state index in [1.807, 2.05) is 45.0 Å². The Labute approximate surface area is 199 Å². The third kappa shape index (κ3) is 5.98. The molecule has 2 atom stereocenters. The van der Waals surface area contributed by atoms with Crippen LogP contribution in [0.2, 0.25) is 0 Å². The molecular formula is C25H32N4O5. The molecule has 182 valence electrons. The Morgan fingerprint density at radius 2 is 1.85 bits per heavy atom. The summed E-state index contributed by atoms with van der Waals surface area (Å²) in [5, 5.41) is 23.8. The van der Waals surface area contributed by atoms with Crippen molar-refractivity contribution < 1.29 is 24.3 Å². The van der Waals surface area contributed by atoms with E-state index in [0.717, 1.165) is 33.6 Å². The molecule has 0 saturated heterocycles. The number of nitrogens with two attached hydrogens (primary N) is 1. The van der Waals surface area contributed by atoms with Crippen LogP contribution in [0.5, 0.6) is 5.75 Å². The SMILES string of the molecule is CCc1cc(-c2noc(-c3cc(C)nc(C(C)C)c3)n2)cc(C)c1OC[C@H](O)CC(O)C(N)=O. The highest BCUT2D eigenvalue weighted by atomic mass is 16.5. The molecule has 3 rings (SSSR count). The molecule has 0 saturated carbocycles. The number of aliphatic hydroxyl groups is 2. The van der Waals surface area contributed by atoms with Gasteiger partial charge in [-0.1, -0.05) is 25.9 Å². The van der Waals surface area contributed by atoms with Crippen LogP contribution in [0.3, 0.4) is 0 Å². The molecule has 2 heterocycles. The van der Waals surface area contributed by atoms with E-state index in [9.17, 15) is 15.0 Å². The van der Waals surface area contributed by atoms with Crippen LogP contribution in [0.1, 0.15) is 55.6 Å². The van der Waals surface area contributed by atoms with Crippen molar-refractivity contribution in [2.75, 3.05) is 6.61 Å². The van der Waals surface area contributed by atoms with Gasteiger partial charge in [0.25, 0.3) is 5.89 Å². The molecule has 1 amide bonds. The van der Waals surface area contributed by atoms with Gasteiger partial charge in [-0.05, 0) is 61.6 Å². The number of carbonyl (C=O) groups is 1. The van der Waals surface area contributed by atoms with E-state index in [1.54, 1.807) is 0 Å². The number of hydrogen-bond donors (Lipinski definition) is 3. The van der Waals surface area contributed by atoms with E-state index in [1.165, 1.54) is 0 Å². The van der Waals surface area contributed by atoms with Gasteiger partial charge in [-0.2, -0.15) is 4.98 Å². The first kappa shape index (κ1) is 25.3. The maximum atomic E-state index is 11.0. The van der Waals surface area contributed by atoms with Crippen LogP contribution in [0.15, 0.2) is 28.8 Å². The minimum absolute atomic E-state index is 0.0799. The Morgan fingerprint density at radius 3 is 2.50 bits per heavy atom. The molecule has 3 aromatic rings. The average molecular weight is 469 g/mol. The van der Waals surface area contributed by atoms with Crippen molar-refractivity contribution in [3.63, 3.8) is 0 Å². The number of hydrogen-bond acceptors (Lipinski definition) is 8. The molecule has 0 aliphatic carbocycles. The first-order valence-corrected chi connectivity index (χ1v) is 11.3. The molecule has 4 N–H and O–H groups in total. The Morgan fingerprint density at radius 1 is 1.12 bits per heavy atom. The molecule has 0 aliphatic heterocycles. The lowest BCUT2D eigenvalue weighted by Gasteiger charge is -2.18. The maximum Gasteiger partial charge on any atom is 0.258 e. The standard InChI is InChI=1S/C25H32N4O5/c1-6-16-9-17(7-14(4)22(16)33-12-19(30)11-21(31)23(26)32)24-28-25(34-29-24)18-8-15(5)27-20(10-18)13(2)3/h7-10,13,19,21,30-31H,6,11-12H2,1-5H3,(H2,26,32)/t19-,21?/m1/s1. The van der Waals surface area contributed by atoms with Crippen molar-refractivity contribution in [1.82, 2.24) is 15.1 Å². The summed E-state index contributed by atoms with van der Waals surface area (Å²) in [6.07, 6.45) is -1.96. The second-order valence-corrected chi connectivity index (χ2v) is 8.75. The highest BCUT2D eigenvalue weighted by Gasteiger charge is 2.20. The Kier molecular flexibility index (Phi) is 8.01. The van der Waals surface area contributed by atoms with Gasteiger partial charge < -0.3 is 25.2 Å². The fourth-order valence-electron chi connectivity index (χ4n) is 3.64. The molecule has 0 bridgehead atoms. The number of carbonyl (C=O) groups excluding carboxylic acids is 1. The van der Waals surface area contributed by atoms with Gasteiger partial charge in [-0.15, -0.1) is 0 Å². The summed E-state index contributed by atoms with van der Waals surface area (Å²) in [6, 6.07) is 7.71. The van der Waals surface area contributed by atoms with E-state index in [-0.39, 0.29) is 18.9 Å². The van der Waals surface area contributed by atoms with E-state index < -0.39 is 18.1 Å². The third-order valence-corrected chi connectivity index (χ3v) is 5.47. The number of aromatic nitrogens is 3. The molecular weight excluding hydrogens is 436 g/mol. The second-order valence-electron chi connectivity index (χ2n) is 8.75. The molecule has 0 aliphatic rings. The lowest BCUT2D eigenvalue weighted by molar-refractivity contribution is -0.127. The maximum absolute atomic E-state index is 11.0. The van der Waals surface area contributed by atoms with E-state index in [0.29, 0.717) is 23.9 Å². The molecule has 34 heavy (non-hydrogen) atoms. The van der Waals surface area contributed by atoms with Gasteiger partial charge in [0.15, 0.2) is 0 Å². The van der Waals surface area contributed by atoms with E-state index >= 15 is 0 Å². The summed E-state index contributed by atoms with van der Waals surface area (Å²) in [5.41, 5.74) is 10.2. The first-order valence-electron chi connectivity index (χ1n) is 11.3. The summed E-state index contributed by atoms with van der Waals surface area (Å²) >= 11 is 0. The van der Waals surface area contributed by atoms with E-state index in [2.05, 4.69) is 29.0 Å². The number of rotatable bonds is 10. The normalized spacial score (nSPS) is 13.2. The third-order valence-electron chi connectivity index (χ3n) is 5.47. The van der Waals surface area contributed by atoms with Crippen molar-refractivity contribution in [1.29, 1.82) is 0 Å². The lowest BCUT2D eigenvalue weighted by Crippen LogP contribution is -2.33. The zero-order valence-corrected chi connectivity index (χ0v) is 20.2. The molecule has 1 unspecified atom stereocenters. The lowest BCUT2D eigenvalue weighted by atomic mass is 10.0. The molecule has 9 nitrogen and oxygen atoms in total. The number of aliphatic hydroxyl groups excluding tert-OH is 2. The quantitative estimate of drug-likeness (QED) is 0.412. The number of aryl methyl sites for hydroxylation is 3. The summed E-state index contributed by atoms with van der Waals surface area (Å²) in [7, 11) is 0. The van der Waals surface area contributed by atoms with Crippen LogP contribution < -0.4 is 10.5 Å². The molecule has 2 aromatic heterocycles. The molecule has 1 aromatic carbocycles. The van der Waals surface area contributed by atoms with Gasteiger partial charge in [-0.3, -0.25) is 9.78 Å². The summed E-state index contributed by atoms with van der Waals surface area (Å²) < 4.78 is 11.4. The summed E-state index contributed by atoms with van der Waals surface area (Å²) in [6.45, 7) is 9.92. The van der Waals surface area contributed by atoms with Crippen molar-refractivity contribution in [2.45, 2.75) is 65.6 Å². The van der Waals surface area contributed by atoms with Crippen LogP contribution in [-0.2, 0) is 11.2 Å². The van der Waals surface area contributed by atoms with Crippen LogP contribution in [0.4, 0.5) is 0 Å². The topological polar surface area (TPSA) is 145 Å². The number of pyridine rings is 1. The fourth-order valence-corrected chi connectivity index (χ4v) is 3.64. The number of nitrogens with zero attached hydrogens (tertiary/aromatic N) is 3. The zero-order valence-electron chi connectivity index (χ0n) is 20.2. The number of primary amides is 1. The van der Waals surface area contributed by atoms with Crippen molar-refractivity contribution in [3.05, 3.63) is 46.8 Å². The predicted octanol–water partition coefficient (Wildman–Crippen LogP) is 3.08. The Balaban J connectivity index is 1.83. The monoisotopic (exact) mass is 468 g/mol. The van der Waals surface area contributed by atoms with Crippen molar-refractivity contribution in [2.24, 2.45) is 5.73 Å². The van der Waals surface area contributed by atoms with E-state index in [4.69, 9.17) is 15.0 Å². The minimum atomic E-state index is -1.42. The van der Waals surface area contributed by atoms with Gasteiger partial charge in [-0.25, -0.2) is 0 Å². The smallest absolute Gasteiger partial charge is 0.258 e. The molecule has 0 fully saturated rings. The molecule has 9 heteroatoms. The fraction of sp³-hybridized carbons (Fsp3) is 0.440. The Hall–Kier alpha value is -3.30. The second kappa shape index (κ2) is 10.8. The van der Waals surface area contributed by atoms with Gasteiger partial charge >= 0.3 is 0 Å². The van der Waals surface area contributed by atoms with Gasteiger partial charge in [0.2, 0.25) is 11.7 Å². The summed E-state index contributed by atoms with van der Waals surface area (Å²) in [4.78, 5) is 20.2. The Bertz CT molecular complexity index is 1160. The summed E-state index contributed by atoms with van der Waals surface area (Å²) in [5.74, 6) is 0.921. The van der Waals surface area contributed by atoms with Crippen LogP contribution in [0, 0.1) is 13.8 Å². The van der Waals surface area contributed by atoms with Crippen molar-refractivity contribution >= 4 is 5.91 Å². The zero-order chi connectivity index (χ0) is 25.0. The number of ether oxygens (including phenoxy) is 1. The van der Waals surface area contributed by atoms with Crippen LogP contribution >= 0.6 is 0 Å². The minimum Gasteiger partial charge on any atom is -0.490 e. The number of amides is 1. The highest BCUT2D eigenvalue weighted by molar-refractivity contribution is 5.78. The van der Waals surface area contributed by atoms with Gasteiger partial charge in [0.05, 0.1) is 6.10 Å². The van der Waals surface area contributed by atoms with Crippen molar-refractivity contribution in [3.8, 4) is 28.6 Å².